The highest BCUT2D eigenvalue weighted by Gasteiger charge is 2.09. The molecule has 0 unspecified atom stereocenters. The maximum atomic E-state index is 3.95. The second-order valence-electron chi connectivity index (χ2n) is 5.54. The number of nitrogens with zero attached hydrogens (tertiary/aromatic N) is 1. The van der Waals surface area contributed by atoms with Crippen molar-refractivity contribution in [3.63, 3.8) is 0 Å². The van der Waals surface area contributed by atoms with Crippen LogP contribution in [0.15, 0.2) is 49.9 Å². The molecule has 0 amide bonds. The Bertz CT molecular complexity index is 519. The predicted molar refractivity (Wildman–Crippen MR) is 101 cm³/mol. The summed E-state index contributed by atoms with van der Waals surface area (Å²) >= 11 is 0. The first-order valence-corrected chi connectivity index (χ1v) is 8.29. The van der Waals surface area contributed by atoms with Crippen molar-refractivity contribution in [1.29, 1.82) is 0 Å². The molecule has 0 atom stereocenters. The number of hydrogen-bond donors (Lipinski definition) is 3. The van der Waals surface area contributed by atoms with Crippen molar-refractivity contribution in [2.45, 2.75) is 45.1 Å². The summed E-state index contributed by atoms with van der Waals surface area (Å²) in [5.41, 5.74) is 2.62. The van der Waals surface area contributed by atoms with Crippen molar-refractivity contribution in [3.05, 3.63) is 55.6 Å². The quantitative estimate of drug-likeness (QED) is 0.670. The van der Waals surface area contributed by atoms with Crippen molar-refractivity contribution < 1.29 is 0 Å². The van der Waals surface area contributed by atoms with Gasteiger partial charge in [0.2, 0.25) is 0 Å². The molecular weight excluding hydrogens is 284 g/mol. The minimum Gasteiger partial charge on any atom is -0.359 e. The van der Waals surface area contributed by atoms with E-state index in [1.165, 1.54) is 32.1 Å². The van der Waals surface area contributed by atoms with Crippen LogP contribution >= 0.6 is 0 Å². The standard InChI is InChI=1S/C12H15N3.C7H15N/c1-4-6-7-8-10(3)12-11(13-5-2)9-14-15-12;1-8-7-5-3-2-4-6-7/h4-9,13H,2-3H2,1H3,(H,14,15);7-8H,2-6H2,1H3/b6-4-,8-7-;. The molecule has 0 aliphatic heterocycles. The Kier molecular flexibility index (Phi) is 9.48. The molecule has 1 aliphatic carbocycles. The zero-order valence-electron chi connectivity index (χ0n) is 14.4. The maximum Gasteiger partial charge on any atom is 0.0879 e. The third-order valence-electron chi connectivity index (χ3n) is 3.83. The first kappa shape index (κ1) is 19.0. The van der Waals surface area contributed by atoms with Gasteiger partial charge in [0.15, 0.2) is 0 Å². The number of nitrogens with one attached hydrogen (secondary N) is 3. The number of rotatable bonds is 6. The molecule has 1 aromatic rings. The fraction of sp³-hybridized carbons (Fsp3) is 0.421. The molecular formula is C19H30N4. The highest BCUT2D eigenvalue weighted by Crippen LogP contribution is 2.20. The highest BCUT2D eigenvalue weighted by atomic mass is 15.1. The minimum atomic E-state index is 0.837. The van der Waals surface area contributed by atoms with E-state index in [-0.39, 0.29) is 0 Å². The number of allylic oxidation sites excluding steroid dienone is 5. The number of aromatic nitrogens is 2. The number of anilines is 1. The summed E-state index contributed by atoms with van der Waals surface area (Å²) in [5.74, 6) is 0. The van der Waals surface area contributed by atoms with Gasteiger partial charge in [-0.15, -0.1) is 0 Å². The van der Waals surface area contributed by atoms with Crippen LogP contribution in [-0.2, 0) is 0 Å². The molecule has 23 heavy (non-hydrogen) atoms. The van der Waals surface area contributed by atoms with Gasteiger partial charge in [-0.1, -0.05) is 56.7 Å². The van der Waals surface area contributed by atoms with Gasteiger partial charge in [0.25, 0.3) is 0 Å². The molecule has 0 spiro atoms. The van der Waals surface area contributed by atoms with Crippen LogP contribution in [0.4, 0.5) is 5.69 Å². The van der Waals surface area contributed by atoms with E-state index in [1.807, 2.05) is 31.2 Å². The Hall–Kier alpha value is -2.07. The summed E-state index contributed by atoms with van der Waals surface area (Å²) in [7, 11) is 2.07. The molecule has 0 aromatic carbocycles. The summed E-state index contributed by atoms with van der Waals surface area (Å²) in [6.07, 6.45) is 18.2. The molecule has 0 saturated heterocycles. The molecule has 2 rings (SSSR count). The Balaban J connectivity index is 0.000000277. The molecule has 126 valence electrons. The molecule has 1 aromatic heterocycles. The lowest BCUT2D eigenvalue weighted by Gasteiger charge is -2.20. The van der Waals surface area contributed by atoms with E-state index in [0.717, 1.165) is 23.0 Å². The topological polar surface area (TPSA) is 52.7 Å². The maximum absolute atomic E-state index is 3.95. The summed E-state index contributed by atoms with van der Waals surface area (Å²) < 4.78 is 0. The zero-order valence-corrected chi connectivity index (χ0v) is 14.4. The van der Waals surface area contributed by atoms with Crippen molar-refractivity contribution >= 4 is 11.3 Å². The van der Waals surface area contributed by atoms with E-state index >= 15 is 0 Å². The lowest BCUT2D eigenvalue weighted by atomic mass is 9.96. The average Bonchev–Trinajstić information content (AvgIpc) is 3.05. The summed E-state index contributed by atoms with van der Waals surface area (Å²) in [4.78, 5) is 0. The Morgan fingerprint density at radius 2 is 2.04 bits per heavy atom. The lowest BCUT2D eigenvalue weighted by molar-refractivity contribution is 0.394. The van der Waals surface area contributed by atoms with Gasteiger partial charge in [-0.2, -0.15) is 5.10 Å². The minimum absolute atomic E-state index is 0.837. The van der Waals surface area contributed by atoms with E-state index < -0.39 is 0 Å². The second-order valence-corrected chi connectivity index (χ2v) is 5.54. The van der Waals surface area contributed by atoms with E-state index in [4.69, 9.17) is 0 Å². The van der Waals surface area contributed by atoms with Gasteiger partial charge < -0.3 is 10.6 Å². The van der Waals surface area contributed by atoms with E-state index in [1.54, 1.807) is 12.4 Å². The molecule has 4 nitrogen and oxygen atoms in total. The smallest absolute Gasteiger partial charge is 0.0879 e. The van der Waals surface area contributed by atoms with Crippen LogP contribution in [0.3, 0.4) is 0 Å². The van der Waals surface area contributed by atoms with Crippen LogP contribution in [-0.4, -0.2) is 23.3 Å². The van der Waals surface area contributed by atoms with Gasteiger partial charge in [-0.05, 0) is 38.6 Å². The van der Waals surface area contributed by atoms with Crippen molar-refractivity contribution in [2.75, 3.05) is 12.4 Å². The second kappa shape index (κ2) is 11.5. The zero-order chi connectivity index (χ0) is 16.9. The van der Waals surface area contributed by atoms with Crippen LogP contribution in [0.5, 0.6) is 0 Å². The molecule has 0 radical (unpaired) electrons. The van der Waals surface area contributed by atoms with E-state index in [0.29, 0.717) is 0 Å². The Labute approximate surface area is 140 Å². The molecule has 1 fully saturated rings. The van der Waals surface area contributed by atoms with E-state index in [2.05, 4.69) is 41.0 Å². The van der Waals surface area contributed by atoms with Crippen LogP contribution in [0.25, 0.3) is 5.57 Å². The normalized spacial score (nSPS) is 15.4. The van der Waals surface area contributed by atoms with Gasteiger partial charge >= 0.3 is 0 Å². The average molecular weight is 314 g/mol. The first-order valence-electron chi connectivity index (χ1n) is 8.29. The fourth-order valence-corrected chi connectivity index (χ4v) is 2.51. The fourth-order valence-electron chi connectivity index (χ4n) is 2.51. The van der Waals surface area contributed by atoms with Crippen LogP contribution in [0, 0.1) is 0 Å². The molecule has 4 heteroatoms. The lowest BCUT2D eigenvalue weighted by Crippen LogP contribution is -2.26. The van der Waals surface area contributed by atoms with Gasteiger partial charge in [-0.3, -0.25) is 5.10 Å². The Morgan fingerprint density at radius 3 is 2.61 bits per heavy atom. The summed E-state index contributed by atoms with van der Waals surface area (Å²) in [5, 5.41) is 13.1. The Morgan fingerprint density at radius 1 is 1.30 bits per heavy atom. The van der Waals surface area contributed by atoms with Crippen molar-refractivity contribution in [1.82, 2.24) is 15.5 Å². The highest BCUT2D eigenvalue weighted by molar-refractivity contribution is 5.78. The van der Waals surface area contributed by atoms with Crippen molar-refractivity contribution in [2.24, 2.45) is 0 Å². The number of aromatic amines is 1. The van der Waals surface area contributed by atoms with Gasteiger partial charge in [-0.25, -0.2) is 0 Å². The van der Waals surface area contributed by atoms with Gasteiger partial charge in [0.05, 0.1) is 17.6 Å². The third kappa shape index (κ3) is 7.15. The first-order chi connectivity index (χ1) is 11.2. The molecule has 1 aliphatic rings. The number of H-pyrrole nitrogens is 1. The molecule has 3 N–H and O–H groups in total. The van der Waals surface area contributed by atoms with Crippen molar-refractivity contribution in [3.8, 4) is 0 Å². The number of hydrogen-bond acceptors (Lipinski definition) is 3. The summed E-state index contributed by atoms with van der Waals surface area (Å²) in [6.45, 7) is 9.51. The molecule has 1 saturated carbocycles. The SMILES string of the molecule is C=CNc1cn[nH]c1C(=C)/C=C\C=C/C.CNC1CCCCC1. The van der Waals surface area contributed by atoms with Gasteiger partial charge in [0, 0.05) is 6.04 Å². The van der Waals surface area contributed by atoms with Crippen LogP contribution in [0.1, 0.15) is 44.7 Å². The van der Waals surface area contributed by atoms with Crippen LogP contribution < -0.4 is 10.6 Å². The molecule has 0 bridgehead atoms. The monoisotopic (exact) mass is 314 g/mol. The van der Waals surface area contributed by atoms with E-state index in [9.17, 15) is 0 Å². The summed E-state index contributed by atoms with van der Waals surface area (Å²) in [6, 6.07) is 0.837. The largest absolute Gasteiger partial charge is 0.359 e. The third-order valence-corrected chi connectivity index (χ3v) is 3.83. The predicted octanol–water partition coefficient (Wildman–Crippen LogP) is 4.65. The van der Waals surface area contributed by atoms with Crippen LogP contribution in [0.2, 0.25) is 0 Å². The van der Waals surface area contributed by atoms with Gasteiger partial charge in [0.1, 0.15) is 0 Å². The molecule has 1 heterocycles.